The molecule has 0 saturated heterocycles. The van der Waals surface area contributed by atoms with E-state index in [1.54, 1.807) is 25.1 Å². The van der Waals surface area contributed by atoms with Gasteiger partial charge in [0.2, 0.25) is 5.76 Å². The molecule has 7 heteroatoms. The summed E-state index contributed by atoms with van der Waals surface area (Å²) in [5, 5.41) is 4.08. The van der Waals surface area contributed by atoms with E-state index in [1.807, 2.05) is 30.3 Å². The monoisotopic (exact) mass is 401 g/mol. The molecule has 0 saturated carbocycles. The van der Waals surface area contributed by atoms with Crippen LogP contribution in [0.3, 0.4) is 0 Å². The van der Waals surface area contributed by atoms with Crippen LogP contribution < -0.4 is 5.32 Å². The van der Waals surface area contributed by atoms with E-state index in [0.717, 1.165) is 10.9 Å². The van der Waals surface area contributed by atoms with Crippen LogP contribution in [0, 0.1) is 0 Å². The summed E-state index contributed by atoms with van der Waals surface area (Å²) < 4.78 is 15.9. The molecular formula is C21H20ClNO5. The van der Waals surface area contributed by atoms with Gasteiger partial charge in [-0.3, -0.25) is 4.79 Å². The fraction of sp³-hybridized carbons (Fsp3) is 0.238. The van der Waals surface area contributed by atoms with Crippen LogP contribution in [0.4, 0.5) is 0 Å². The lowest BCUT2D eigenvalue weighted by Gasteiger charge is -2.15. The van der Waals surface area contributed by atoms with Crippen LogP contribution in [0.2, 0.25) is 5.02 Å². The van der Waals surface area contributed by atoms with Crippen LogP contribution >= 0.6 is 11.6 Å². The third-order valence-corrected chi connectivity index (χ3v) is 4.60. The molecule has 1 aromatic heterocycles. The molecular weight excluding hydrogens is 382 g/mol. The molecule has 6 nitrogen and oxygen atoms in total. The van der Waals surface area contributed by atoms with Gasteiger partial charge in [-0.2, -0.15) is 0 Å². The zero-order valence-corrected chi connectivity index (χ0v) is 16.3. The lowest BCUT2D eigenvalue weighted by atomic mass is 10.1. The zero-order chi connectivity index (χ0) is 20.1. The number of fused-ring (bicyclic) bond motifs is 1. The highest BCUT2D eigenvalue weighted by Crippen LogP contribution is 2.27. The van der Waals surface area contributed by atoms with Crippen LogP contribution in [0.25, 0.3) is 11.0 Å². The number of para-hydroxylation sites is 1. The van der Waals surface area contributed by atoms with Gasteiger partial charge >= 0.3 is 5.97 Å². The maximum Gasteiger partial charge on any atom is 0.375 e. The lowest BCUT2D eigenvalue weighted by molar-refractivity contribution is -0.124. The number of carbonyl (C=O) groups is 2. The zero-order valence-electron chi connectivity index (χ0n) is 15.5. The number of esters is 1. The Kier molecular flexibility index (Phi) is 6.34. The predicted octanol–water partition coefficient (Wildman–Crippen LogP) is 4.27. The average Bonchev–Trinajstić information content (AvgIpc) is 3.05. The number of ether oxygens (including phenoxy) is 2. The highest BCUT2D eigenvalue weighted by molar-refractivity contribution is 6.31. The molecule has 0 fully saturated rings. The SMILES string of the molecule is COCc1c(C(=O)OCC(=O)N[C@H](C)c2ccccc2Cl)oc2ccccc12. The van der Waals surface area contributed by atoms with Crippen LogP contribution in [-0.2, 0) is 20.9 Å². The van der Waals surface area contributed by atoms with Crippen molar-refractivity contribution < 1.29 is 23.5 Å². The first kappa shape index (κ1) is 19.9. The first-order chi connectivity index (χ1) is 13.5. The summed E-state index contributed by atoms with van der Waals surface area (Å²) >= 11 is 6.13. The number of rotatable bonds is 7. The van der Waals surface area contributed by atoms with Gasteiger partial charge in [-0.05, 0) is 24.6 Å². The quantitative estimate of drug-likeness (QED) is 0.598. The second-order valence-corrected chi connectivity index (χ2v) is 6.63. The van der Waals surface area contributed by atoms with Crippen molar-refractivity contribution in [2.75, 3.05) is 13.7 Å². The molecule has 0 radical (unpaired) electrons. The summed E-state index contributed by atoms with van der Waals surface area (Å²) in [5.74, 6) is -1.12. The number of hydrogen-bond donors (Lipinski definition) is 1. The van der Waals surface area contributed by atoms with Crippen molar-refractivity contribution in [1.82, 2.24) is 5.32 Å². The Morgan fingerprint density at radius 3 is 2.61 bits per heavy atom. The molecule has 0 spiro atoms. The van der Waals surface area contributed by atoms with Crippen molar-refractivity contribution in [2.45, 2.75) is 19.6 Å². The number of benzene rings is 2. The molecule has 3 aromatic rings. The molecule has 28 heavy (non-hydrogen) atoms. The summed E-state index contributed by atoms with van der Waals surface area (Å²) in [6.45, 7) is 1.56. The van der Waals surface area contributed by atoms with E-state index >= 15 is 0 Å². The van der Waals surface area contributed by atoms with E-state index in [1.165, 1.54) is 7.11 Å². The predicted molar refractivity (Wildman–Crippen MR) is 105 cm³/mol. The van der Waals surface area contributed by atoms with Crippen LogP contribution in [0.15, 0.2) is 52.9 Å². The first-order valence-corrected chi connectivity index (χ1v) is 9.09. The van der Waals surface area contributed by atoms with E-state index in [2.05, 4.69) is 5.32 Å². The Morgan fingerprint density at radius 2 is 1.86 bits per heavy atom. The van der Waals surface area contributed by atoms with Gasteiger partial charge in [0.15, 0.2) is 6.61 Å². The van der Waals surface area contributed by atoms with E-state index in [9.17, 15) is 9.59 Å². The summed E-state index contributed by atoms with van der Waals surface area (Å²) in [4.78, 5) is 24.6. The Labute approximate surface area is 167 Å². The minimum Gasteiger partial charge on any atom is -0.450 e. The number of halogens is 1. The Balaban J connectivity index is 1.65. The third kappa shape index (κ3) is 4.35. The molecule has 3 rings (SSSR count). The van der Waals surface area contributed by atoms with Gasteiger partial charge in [-0.15, -0.1) is 0 Å². The second-order valence-electron chi connectivity index (χ2n) is 6.23. The highest BCUT2D eigenvalue weighted by Gasteiger charge is 2.23. The largest absolute Gasteiger partial charge is 0.450 e. The summed E-state index contributed by atoms with van der Waals surface area (Å²) in [6, 6.07) is 14.1. The van der Waals surface area contributed by atoms with E-state index in [4.69, 9.17) is 25.5 Å². The summed E-state index contributed by atoms with van der Waals surface area (Å²) in [5.41, 5.74) is 1.93. The van der Waals surface area contributed by atoms with E-state index in [-0.39, 0.29) is 18.4 Å². The van der Waals surface area contributed by atoms with Crippen molar-refractivity contribution >= 4 is 34.4 Å². The van der Waals surface area contributed by atoms with Crippen LogP contribution in [-0.4, -0.2) is 25.6 Å². The number of furan rings is 1. The van der Waals surface area contributed by atoms with Crippen molar-refractivity contribution in [1.29, 1.82) is 0 Å². The fourth-order valence-corrected chi connectivity index (χ4v) is 3.23. The molecule has 1 heterocycles. The number of nitrogens with one attached hydrogen (secondary N) is 1. The van der Waals surface area contributed by atoms with Crippen molar-refractivity contribution in [3.8, 4) is 0 Å². The van der Waals surface area contributed by atoms with Gasteiger partial charge in [0.05, 0.1) is 12.6 Å². The first-order valence-electron chi connectivity index (χ1n) is 8.71. The number of amides is 1. The molecule has 146 valence electrons. The van der Waals surface area contributed by atoms with Crippen molar-refractivity contribution in [3.63, 3.8) is 0 Å². The molecule has 0 aliphatic rings. The number of carbonyl (C=O) groups excluding carboxylic acids is 2. The average molecular weight is 402 g/mol. The van der Waals surface area contributed by atoms with Gasteiger partial charge in [0.25, 0.3) is 5.91 Å². The second kappa shape index (κ2) is 8.91. The Hall–Kier alpha value is -2.83. The van der Waals surface area contributed by atoms with Gasteiger partial charge in [0.1, 0.15) is 5.58 Å². The highest BCUT2D eigenvalue weighted by atomic mass is 35.5. The molecule has 0 unspecified atom stereocenters. The van der Waals surface area contributed by atoms with Gasteiger partial charge in [-0.25, -0.2) is 4.79 Å². The number of hydrogen-bond acceptors (Lipinski definition) is 5. The van der Waals surface area contributed by atoms with Crippen molar-refractivity contribution in [3.05, 3.63) is 70.4 Å². The third-order valence-electron chi connectivity index (χ3n) is 4.26. The number of methoxy groups -OCH3 is 1. The fourth-order valence-electron chi connectivity index (χ4n) is 2.94. The molecule has 0 bridgehead atoms. The summed E-state index contributed by atoms with van der Waals surface area (Å²) in [6.07, 6.45) is 0. The van der Waals surface area contributed by atoms with Crippen LogP contribution in [0.5, 0.6) is 0 Å². The van der Waals surface area contributed by atoms with Gasteiger partial charge < -0.3 is 19.2 Å². The topological polar surface area (TPSA) is 77.8 Å². The minimum atomic E-state index is -0.719. The standard InChI is InChI=1S/C21H20ClNO5/c1-13(14-7-3-5-9-17(14)22)23-19(24)12-27-21(25)20-16(11-26-2)15-8-4-6-10-18(15)28-20/h3-10,13H,11-12H2,1-2H3,(H,23,24)/t13-/m1/s1. The normalized spacial score (nSPS) is 12.0. The van der Waals surface area contributed by atoms with E-state index < -0.39 is 18.5 Å². The van der Waals surface area contributed by atoms with Crippen LogP contribution in [0.1, 0.15) is 34.6 Å². The maximum absolute atomic E-state index is 12.5. The molecule has 1 N–H and O–H groups in total. The smallest absolute Gasteiger partial charge is 0.375 e. The molecule has 1 amide bonds. The molecule has 0 aliphatic carbocycles. The molecule has 1 atom stereocenters. The summed E-state index contributed by atoms with van der Waals surface area (Å²) in [7, 11) is 1.53. The maximum atomic E-state index is 12.5. The molecule has 0 aliphatic heterocycles. The van der Waals surface area contributed by atoms with Crippen molar-refractivity contribution in [2.24, 2.45) is 0 Å². The molecule has 2 aromatic carbocycles. The minimum absolute atomic E-state index is 0.0370. The Bertz CT molecular complexity index is 997. The lowest BCUT2D eigenvalue weighted by Crippen LogP contribution is -2.31. The van der Waals surface area contributed by atoms with Gasteiger partial charge in [-0.1, -0.05) is 48.0 Å². The van der Waals surface area contributed by atoms with E-state index in [0.29, 0.717) is 16.2 Å². The van der Waals surface area contributed by atoms with Gasteiger partial charge in [0, 0.05) is 23.1 Å². The Morgan fingerprint density at radius 1 is 1.14 bits per heavy atom.